The van der Waals surface area contributed by atoms with E-state index in [-0.39, 0.29) is 11.9 Å². The van der Waals surface area contributed by atoms with E-state index in [1.54, 1.807) is 13.2 Å². The topological polar surface area (TPSA) is 24.5 Å². The first-order chi connectivity index (χ1) is 10.2. The van der Waals surface area contributed by atoms with Crippen LogP contribution in [0.15, 0.2) is 18.2 Å². The number of hydrogen-bond acceptors (Lipinski definition) is 3. The standard InChI is InChI=1S/C17H27FN2O/c1-4-10-20-11-8-14(9-12-20)19-13(2)17-15(18)6-5-7-16(17)21-3/h5-7,13-14,19H,4,8-12H2,1-3H3. The smallest absolute Gasteiger partial charge is 0.131 e. The van der Waals surface area contributed by atoms with Gasteiger partial charge < -0.3 is 15.0 Å². The largest absolute Gasteiger partial charge is 0.496 e. The average molecular weight is 294 g/mol. The molecule has 1 N–H and O–H groups in total. The summed E-state index contributed by atoms with van der Waals surface area (Å²) >= 11 is 0. The van der Waals surface area contributed by atoms with Crippen LogP contribution in [0.25, 0.3) is 0 Å². The second kappa shape index (κ2) is 7.76. The zero-order valence-electron chi connectivity index (χ0n) is 13.4. The molecule has 1 aromatic carbocycles. The number of benzene rings is 1. The van der Waals surface area contributed by atoms with Crippen molar-refractivity contribution >= 4 is 0 Å². The Hall–Kier alpha value is -1.13. The van der Waals surface area contributed by atoms with Crippen LogP contribution in [0, 0.1) is 5.82 Å². The third-order valence-corrected chi connectivity index (χ3v) is 4.28. The van der Waals surface area contributed by atoms with Crippen molar-refractivity contribution in [1.82, 2.24) is 10.2 Å². The predicted molar refractivity (Wildman–Crippen MR) is 84.3 cm³/mol. The van der Waals surface area contributed by atoms with Crippen LogP contribution >= 0.6 is 0 Å². The van der Waals surface area contributed by atoms with Gasteiger partial charge in [-0.05, 0) is 58.0 Å². The number of piperidine rings is 1. The quantitative estimate of drug-likeness (QED) is 0.870. The Morgan fingerprint density at radius 3 is 2.71 bits per heavy atom. The monoisotopic (exact) mass is 294 g/mol. The summed E-state index contributed by atoms with van der Waals surface area (Å²) in [6, 6.07) is 5.43. The lowest BCUT2D eigenvalue weighted by Gasteiger charge is -2.34. The van der Waals surface area contributed by atoms with Gasteiger partial charge in [0.25, 0.3) is 0 Å². The molecule has 1 aromatic rings. The third-order valence-electron chi connectivity index (χ3n) is 4.28. The van der Waals surface area contributed by atoms with Crippen LogP contribution < -0.4 is 10.1 Å². The van der Waals surface area contributed by atoms with Crippen molar-refractivity contribution in [3.63, 3.8) is 0 Å². The Labute approximate surface area is 127 Å². The highest BCUT2D eigenvalue weighted by atomic mass is 19.1. The van der Waals surface area contributed by atoms with E-state index >= 15 is 0 Å². The number of nitrogens with zero attached hydrogens (tertiary/aromatic N) is 1. The minimum Gasteiger partial charge on any atom is -0.496 e. The molecular weight excluding hydrogens is 267 g/mol. The van der Waals surface area contributed by atoms with E-state index in [1.165, 1.54) is 19.0 Å². The van der Waals surface area contributed by atoms with Gasteiger partial charge in [0.1, 0.15) is 11.6 Å². The highest BCUT2D eigenvalue weighted by Crippen LogP contribution is 2.28. The molecule has 0 radical (unpaired) electrons. The van der Waals surface area contributed by atoms with Gasteiger partial charge in [-0.1, -0.05) is 13.0 Å². The first-order valence-electron chi connectivity index (χ1n) is 7.96. The molecule has 118 valence electrons. The fourth-order valence-electron chi connectivity index (χ4n) is 3.19. The summed E-state index contributed by atoms with van der Waals surface area (Å²) in [6.07, 6.45) is 3.46. The summed E-state index contributed by atoms with van der Waals surface area (Å²) in [7, 11) is 1.59. The van der Waals surface area contributed by atoms with Crippen LogP contribution in [-0.4, -0.2) is 37.7 Å². The fourth-order valence-corrected chi connectivity index (χ4v) is 3.19. The molecule has 3 nitrogen and oxygen atoms in total. The van der Waals surface area contributed by atoms with Crippen molar-refractivity contribution in [2.24, 2.45) is 0 Å². The molecule has 0 amide bonds. The number of ether oxygens (including phenoxy) is 1. The predicted octanol–water partition coefficient (Wildman–Crippen LogP) is 3.36. The first-order valence-corrected chi connectivity index (χ1v) is 7.96. The van der Waals surface area contributed by atoms with Gasteiger partial charge in [0.15, 0.2) is 0 Å². The number of nitrogens with one attached hydrogen (secondary N) is 1. The van der Waals surface area contributed by atoms with E-state index in [0.29, 0.717) is 17.4 Å². The fraction of sp³-hybridized carbons (Fsp3) is 0.647. The summed E-state index contributed by atoms with van der Waals surface area (Å²) in [5, 5.41) is 3.57. The molecule has 0 saturated carbocycles. The van der Waals surface area contributed by atoms with E-state index in [4.69, 9.17) is 4.74 Å². The minimum atomic E-state index is -0.197. The third kappa shape index (κ3) is 4.17. The lowest BCUT2D eigenvalue weighted by molar-refractivity contribution is 0.191. The molecule has 0 bridgehead atoms. The molecule has 1 unspecified atom stereocenters. The molecule has 1 heterocycles. The van der Waals surface area contributed by atoms with Crippen LogP contribution in [-0.2, 0) is 0 Å². The van der Waals surface area contributed by atoms with Crippen molar-refractivity contribution in [2.45, 2.75) is 45.2 Å². The van der Waals surface area contributed by atoms with E-state index in [2.05, 4.69) is 17.1 Å². The second-order valence-electron chi connectivity index (χ2n) is 5.86. The highest BCUT2D eigenvalue weighted by molar-refractivity contribution is 5.37. The van der Waals surface area contributed by atoms with Crippen LogP contribution in [0.4, 0.5) is 4.39 Å². The van der Waals surface area contributed by atoms with Crippen LogP contribution in [0.2, 0.25) is 0 Å². The Balaban J connectivity index is 1.95. The van der Waals surface area contributed by atoms with Crippen LogP contribution in [0.3, 0.4) is 0 Å². The minimum absolute atomic E-state index is 0.0381. The zero-order chi connectivity index (χ0) is 15.2. The number of methoxy groups -OCH3 is 1. The van der Waals surface area contributed by atoms with E-state index in [9.17, 15) is 4.39 Å². The number of halogens is 1. The number of rotatable bonds is 6. The van der Waals surface area contributed by atoms with Gasteiger partial charge in [0.05, 0.1) is 7.11 Å². The molecule has 1 saturated heterocycles. The second-order valence-corrected chi connectivity index (χ2v) is 5.86. The van der Waals surface area contributed by atoms with E-state index in [0.717, 1.165) is 25.9 Å². The Morgan fingerprint density at radius 1 is 1.38 bits per heavy atom. The SMILES string of the molecule is CCCN1CCC(NC(C)c2c(F)cccc2OC)CC1. The first kappa shape index (κ1) is 16.2. The highest BCUT2D eigenvalue weighted by Gasteiger charge is 2.23. The molecule has 0 aliphatic carbocycles. The van der Waals surface area contributed by atoms with Crippen molar-refractivity contribution in [3.05, 3.63) is 29.6 Å². The number of hydrogen-bond donors (Lipinski definition) is 1. The van der Waals surface area contributed by atoms with Gasteiger partial charge >= 0.3 is 0 Å². The van der Waals surface area contributed by atoms with E-state index in [1.807, 2.05) is 13.0 Å². The van der Waals surface area contributed by atoms with Gasteiger partial charge in [0.2, 0.25) is 0 Å². The molecule has 21 heavy (non-hydrogen) atoms. The summed E-state index contributed by atoms with van der Waals surface area (Å²) in [5.41, 5.74) is 0.635. The summed E-state index contributed by atoms with van der Waals surface area (Å²) < 4.78 is 19.4. The van der Waals surface area contributed by atoms with Crippen molar-refractivity contribution in [2.75, 3.05) is 26.7 Å². The van der Waals surface area contributed by atoms with Gasteiger partial charge in [0, 0.05) is 17.6 Å². The Morgan fingerprint density at radius 2 is 2.10 bits per heavy atom. The Kier molecular flexibility index (Phi) is 6.00. The lowest BCUT2D eigenvalue weighted by atomic mass is 10.0. The number of likely N-dealkylation sites (tertiary alicyclic amines) is 1. The van der Waals surface area contributed by atoms with Gasteiger partial charge in [-0.15, -0.1) is 0 Å². The molecule has 1 atom stereocenters. The van der Waals surface area contributed by atoms with Gasteiger partial charge in [-0.3, -0.25) is 0 Å². The van der Waals surface area contributed by atoms with Gasteiger partial charge in [-0.2, -0.15) is 0 Å². The maximum atomic E-state index is 14.1. The molecule has 1 aliphatic heterocycles. The molecule has 0 aromatic heterocycles. The molecule has 4 heteroatoms. The summed E-state index contributed by atoms with van der Waals surface area (Å²) in [5.74, 6) is 0.427. The summed E-state index contributed by atoms with van der Waals surface area (Å²) in [6.45, 7) is 7.68. The maximum absolute atomic E-state index is 14.1. The van der Waals surface area contributed by atoms with Crippen molar-refractivity contribution < 1.29 is 9.13 Å². The van der Waals surface area contributed by atoms with Gasteiger partial charge in [-0.25, -0.2) is 4.39 Å². The van der Waals surface area contributed by atoms with Crippen molar-refractivity contribution in [3.8, 4) is 5.75 Å². The van der Waals surface area contributed by atoms with Crippen molar-refractivity contribution in [1.29, 1.82) is 0 Å². The van der Waals surface area contributed by atoms with Crippen LogP contribution in [0.5, 0.6) is 5.75 Å². The normalized spacial score (nSPS) is 18.7. The Bertz CT molecular complexity index is 444. The molecule has 1 fully saturated rings. The molecule has 2 rings (SSSR count). The lowest BCUT2D eigenvalue weighted by Crippen LogP contribution is -2.43. The molecule has 0 spiro atoms. The zero-order valence-corrected chi connectivity index (χ0v) is 13.4. The summed E-state index contributed by atoms with van der Waals surface area (Å²) in [4.78, 5) is 2.51. The van der Waals surface area contributed by atoms with E-state index < -0.39 is 0 Å². The van der Waals surface area contributed by atoms with Crippen LogP contribution in [0.1, 0.15) is 44.7 Å². The molecule has 1 aliphatic rings. The maximum Gasteiger partial charge on any atom is 0.131 e. The average Bonchev–Trinajstić information content (AvgIpc) is 2.49. The molecular formula is C17H27FN2O.